The number of halogens is 1. The van der Waals surface area contributed by atoms with Gasteiger partial charge in [0.1, 0.15) is 5.82 Å². The summed E-state index contributed by atoms with van der Waals surface area (Å²) in [4.78, 5) is 21.1. The summed E-state index contributed by atoms with van der Waals surface area (Å²) in [6.45, 7) is 1.73. The average Bonchev–Trinajstić information content (AvgIpc) is 2.36. The minimum atomic E-state index is -0.634. The number of benzene rings is 1. The predicted octanol–water partition coefficient (Wildman–Crippen LogP) is 2.78. The lowest BCUT2D eigenvalue weighted by Gasteiger charge is -2.08. The highest BCUT2D eigenvalue weighted by atomic mass is 32.2. The minimum Gasteiger partial charge on any atom is -0.469 e. The van der Waals surface area contributed by atoms with Crippen LogP contribution in [0, 0.1) is 21.8 Å². The Morgan fingerprint density at radius 2 is 2.21 bits per heavy atom. The molecule has 0 heterocycles. The summed E-state index contributed by atoms with van der Waals surface area (Å²) in [6, 6.07) is 3.47. The van der Waals surface area contributed by atoms with Gasteiger partial charge in [-0.3, -0.25) is 14.9 Å². The molecule has 0 amide bonds. The molecule has 0 saturated heterocycles. The van der Waals surface area contributed by atoms with Gasteiger partial charge in [0.15, 0.2) is 0 Å². The zero-order chi connectivity index (χ0) is 14.4. The Morgan fingerprint density at radius 3 is 2.79 bits per heavy atom. The van der Waals surface area contributed by atoms with Crippen LogP contribution in [0.3, 0.4) is 0 Å². The number of hydrogen-bond donors (Lipinski definition) is 0. The Morgan fingerprint density at radius 1 is 1.53 bits per heavy atom. The fourth-order valence-corrected chi connectivity index (χ4v) is 2.45. The number of nitro benzene ring substituents is 1. The quantitative estimate of drug-likeness (QED) is 0.457. The predicted molar refractivity (Wildman–Crippen MR) is 70.4 cm³/mol. The molecule has 0 radical (unpaired) electrons. The first kappa shape index (κ1) is 15.4. The van der Waals surface area contributed by atoms with E-state index in [0.717, 1.165) is 6.07 Å². The van der Waals surface area contributed by atoms with Crippen molar-refractivity contribution in [1.29, 1.82) is 0 Å². The van der Waals surface area contributed by atoms with E-state index in [1.54, 1.807) is 6.92 Å². The van der Waals surface area contributed by atoms with E-state index in [-0.39, 0.29) is 17.6 Å². The van der Waals surface area contributed by atoms with Gasteiger partial charge in [-0.1, -0.05) is 6.92 Å². The van der Waals surface area contributed by atoms with E-state index in [0.29, 0.717) is 17.1 Å². The normalized spacial score (nSPS) is 11.9. The Kier molecular flexibility index (Phi) is 5.75. The molecule has 1 aromatic carbocycles. The van der Waals surface area contributed by atoms with Gasteiger partial charge in [0.2, 0.25) is 0 Å². The zero-order valence-corrected chi connectivity index (χ0v) is 11.4. The van der Waals surface area contributed by atoms with Crippen LogP contribution in [0.5, 0.6) is 0 Å². The Balaban J connectivity index is 2.58. The fourth-order valence-electron chi connectivity index (χ4n) is 1.44. The highest BCUT2D eigenvalue weighted by Gasteiger charge is 2.14. The van der Waals surface area contributed by atoms with Crippen LogP contribution < -0.4 is 0 Å². The second-order valence-electron chi connectivity index (χ2n) is 4.01. The zero-order valence-electron chi connectivity index (χ0n) is 10.6. The molecule has 0 bridgehead atoms. The maximum absolute atomic E-state index is 13.2. The van der Waals surface area contributed by atoms with Gasteiger partial charge in [-0.25, -0.2) is 4.39 Å². The van der Waals surface area contributed by atoms with Crippen LogP contribution in [0.2, 0.25) is 0 Å². The molecule has 19 heavy (non-hydrogen) atoms. The Bertz CT molecular complexity index is 481. The van der Waals surface area contributed by atoms with Crippen molar-refractivity contribution in [3.63, 3.8) is 0 Å². The van der Waals surface area contributed by atoms with Crippen molar-refractivity contribution in [3.05, 3.63) is 39.7 Å². The first-order chi connectivity index (χ1) is 8.93. The van der Waals surface area contributed by atoms with Gasteiger partial charge >= 0.3 is 5.97 Å². The van der Waals surface area contributed by atoms with E-state index in [1.165, 1.54) is 31.0 Å². The number of esters is 1. The summed E-state index contributed by atoms with van der Waals surface area (Å²) in [6.07, 6.45) is 0. The molecule has 0 aliphatic carbocycles. The molecule has 104 valence electrons. The van der Waals surface area contributed by atoms with E-state index in [2.05, 4.69) is 4.74 Å². The highest BCUT2D eigenvalue weighted by molar-refractivity contribution is 7.98. The molecule has 1 aromatic rings. The molecule has 0 aromatic heterocycles. The van der Waals surface area contributed by atoms with Gasteiger partial charge in [0, 0.05) is 17.6 Å². The molecule has 1 atom stereocenters. The molecule has 1 unspecified atom stereocenters. The summed E-state index contributed by atoms with van der Waals surface area (Å²) >= 11 is 1.40. The van der Waals surface area contributed by atoms with Gasteiger partial charge in [-0.2, -0.15) is 11.8 Å². The van der Waals surface area contributed by atoms with Crippen molar-refractivity contribution in [2.45, 2.75) is 12.7 Å². The smallest absolute Gasteiger partial charge is 0.309 e. The molecule has 1 rings (SSSR count). The van der Waals surface area contributed by atoms with Crippen LogP contribution in [-0.2, 0) is 15.3 Å². The number of nitrogens with zero attached hydrogens (tertiary/aromatic N) is 1. The molecule has 5 nitrogen and oxygen atoms in total. The SMILES string of the molecule is COC(=O)C(C)CSCc1cc(F)cc([N+](=O)[O-])c1. The monoisotopic (exact) mass is 287 g/mol. The van der Waals surface area contributed by atoms with E-state index in [1.807, 2.05) is 0 Å². The molecule has 0 aliphatic heterocycles. The standard InChI is InChI=1S/C12H14FNO4S/c1-8(12(15)18-2)6-19-7-9-3-10(13)5-11(4-9)14(16)17/h3-5,8H,6-7H2,1-2H3. The van der Waals surface area contributed by atoms with Gasteiger partial charge in [-0.15, -0.1) is 0 Å². The minimum absolute atomic E-state index is 0.265. The molecule has 0 spiro atoms. The van der Waals surface area contributed by atoms with Crippen molar-refractivity contribution in [1.82, 2.24) is 0 Å². The molecule has 0 fully saturated rings. The summed E-state index contributed by atoms with van der Waals surface area (Å²) < 4.78 is 17.8. The number of carbonyl (C=O) groups is 1. The van der Waals surface area contributed by atoms with Crippen molar-refractivity contribution in [3.8, 4) is 0 Å². The van der Waals surface area contributed by atoms with E-state index < -0.39 is 10.7 Å². The third kappa shape index (κ3) is 4.86. The van der Waals surface area contributed by atoms with Crippen LogP contribution in [0.25, 0.3) is 0 Å². The summed E-state index contributed by atoms with van der Waals surface area (Å²) in [5, 5.41) is 10.6. The van der Waals surface area contributed by atoms with E-state index in [9.17, 15) is 19.3 Å². The van der Waals surface area contributed by atoms with Crippen molar-refractivity contribution in [2.24, 2.45) is 5.92 Å². The first-order valence-electron chi connectivity index (χ1n) is 5.53. The Labute approximate surface area is 114 Å². The summed E-state index contributed by atoms with van der Waals surface area (Å²) in [5.74, 6) is -0.293. The lowest BCUT2D eigenvalue weighted by Crippen LogP contribution is -2.14. The first-order valence-corrected chi connectivity index (χ1v) is 6.69. The van der Waals surface area contributed by atoms with E-state index >= 15 is 0 Å². The van der Waals surface area contributed by atoms with Crippen LogP contribution in [-0.4, -0.2) is 23.8 Å². The highest BCUT2D eigenvalue weighted by Crippen LogP contribution is 2.21. The number of rotatable bonds is 6. The second-order valence-corrected chi connectivity index (χ2v) is 5.04. The van der Waals surface area contributed by atoms with Crippen LogP contribution in [0.1, 0.15) is 12.5 Å². The molecule has 0 saturated carbocycles. The average molecular weight is 287 g/mol. The van der Waals surface area contributed by atoms with Gasteiger partial charge < -0.3 is 4.74 Å². The van der Waals surface area contributed by atoms with Crippen LogP contribution in [0.15, 0.2) is 18.2 Å². The van der Waals surface area contributed by atoms with Crippen molar-refractivity contribution < 1.29 is 18.8 Å². The number of non-ortho nitro benzene ring substituents is 1. The maximum atomic E-state index is 13.2. The molecule has 0 aliphatic rings. The van der Waals surface area contributed by atoms with Crippen molar-refractivity contribution in [2.75, 3.05) is 12.9 Å². The van der Waals surface area contributed by atoms with Gasteiger partial charge in [0.25, 0.3) is 5.69 Å². The van der Waals surface area contributed by atoms with Gasteiger partial charge in [-0.05, 0) is 11.6 Å². The summed E-state index contributed by atoms with van der Waals surface area (Å²) in [7, 11) is 1.32. The fraction of sp³-hybridized carbons (Fsp3) is 0.417. The maximum Gasteiger partial charge on any atom is 0.309 e. The van der Waals surface area contributed by atoms with Crippen molar-refractivity contribution >= 4 is 23.4 Å². The number of methoxy groups -OCH3 is 1. The third-order valence-electron chi connectivity index (χ3n) is 2.39. The molecular weight excluding hydrogens is 273 g/mol. The largest absolute Gasteiger partial charge is 0.469 e. The lowest BCUT2D eigenvalue weighted by molar-refractivity contribution is -0.385. The molecule has 0 N–H and O–H groups in total. The number of carbonyl (C=O) groups excluding carboxylic acids is 1. The number of hydrogen-bond acceptors (Lipinski definition) is 5. The lowest BCUT2D eigenvalue weighted by atomic mass is 10.2. The Hall–Kier alpha value is -1.63. The molecular formula is C12H14FNO4S. The second kappa shape index (κ2) is 7.08. The topological polar surface area (TPSA) is 69.4 Å². The number of nitro groups is 1. The van der Waals surface area contributed by atoms with E-state index in [4.69, 9.17) is 0 Å². The van der Waals surface area contributed by atoms with Crippen LogP contribution in [0.4, 0.5) is 10.1 Å². The number of thioether (sulfide) groups is 1. The van der Waals surface area contributed by atoms with Crippen LogP contribution >= 0.6 is 11.8 Å². The molecule has 7 heteroatoms. The number of ether oxygens (including phenoxy) is 1. The summed E-state index contributed by atoms with van der Waals surface area (Å²) in [5.41, 5.74) is 0.255. The van der Waals surface area contributed by atoms with Gasteiger partial charge in [0.05, 0.1) is 24.0 Å². The third-order valence-corrected chi connectivity index (χ3v) is 3.67.